The molecule has 1 aromatic carbocycles. The summed E-state index contributed by atoms with van der Waals surface area (Å²) in [6.07, 6.45) is 0. The fraction of sp³-hybridized carbons (Fsp3) is 0.188. The predicted molar refractivity (Wildman–Crippen MR) is 105 cm³/mol. The lowest BCUT2D eigenvalue weighted by molar-refractivity contribution is -0.113. The highest BCUT2D eigenvalue weighted by molar-refractivity contribution is 8.01. The van der Waals surface area contributed by atoms with Crippen LogP contribution in [0.1, 0.15) is 21.6 Å². The Hall–Kier alpha value is -2.30. The number of aryl methyl sites for hydroxylation is 2. The number of rotatable bonds is 6. The van der Waals surface area contributed by atoms with Gasteiger partial charge in [-0.25, -0.2) is 4.98 Å². The molecule has 2 amide bonds. The number of aromatic nitrogens is 3. The third-order valence-electron chi connectivity index (χ3n) is 3.21. The van der Waals surface area contributed by atoms with Crippen LogP contribution in [-0.2, 0) is 4.79 Å². The molecule has 0 bridgehead atoms. The molecule has 0 aliphatic rings. The first-order valence-electron chi connectivity index (χ1n) is 7.56. The van der Waals surface area contributed by atoms with Gasteiger partial charge in [-0.1, -0.05) is 41.3 Å². The van der Waals surface area contributed by atoms with Crippen molar-refractivity contribution in [1.29, 1.82) is 0 Å². The zero-order valence-corrected chi connectivity index (χ0v) is 16.4. The van der Waals surface area contributed by atoms with Gasteiger partial charge in [0.15, 0.2) is 9.47 Å². The Morgan fingerprint density at radius 2 is 1.92 bits per heavy atom. The van der Waals surface area contributed by atoms with E-state index in [1.165, 1.54) is 34.4 Å². The minimum Gasteiger partial charge on any atom is -0.301 e. The molecule has 10 heteroatoms. The molecule has 0 spiro atoms. The predicted octanol–water partition coefficient (Wildman–Crippen LogP) is 3.59. The van der Waals surface area contributed by atoms with E-state index in [2.05, 4.69) is 25.8 Å². The Balaban J connectivity index is 1.52. The van der Waals surface area contributed by atoms with Crippen molar-refractivity contribution in [3.05, 3.63) is 46.5 Å². The lowest BCUT2D eigenvalue weighted by atomic mass is 10.1. The maximum atomic E-state index is 12.3. The Kier molecular flexibility index (Phi) is 5.96. The van der Waals surface area contributed by atoms with E-state index in [0.717, 1.165) is 11.3 Å². The van der Waals surface area contributed by atoms with Crippen LogP contribution in [0.4, 0.5) is 10.3 Å². The number of carbonyl (C=O) groups is 2. The zero-order valence-electron chi connectivity index (χ0n) is 14.0. The third-order valence-corrected chi connectivity index (χ3v) is 6.06. The van der Waals surface area contributed by atoms with Crippen molar-refractivity contribution in [3.63, 3.8) is 0 Å². The van der Waals surface area contributed by atoms with Crippen LogP contribution in [0.15, 0.2) is 34.0 Å². The van der Waals surface area contributed by atoms with Gasteiger partial charge in [0.1, 0.15) is 0 Å². The molecule has 134 valence electrons. The SMILES string of the molecule is Cc1csc(NC(=O)CSc2nnc(NC(=O)c3ccccc3C)s2)n1. The number of hydrogen-bond donors (Lipinski definition) is 2. The number of anilines is 2. The molecule has 2 heterocycles. The number of benzene rings is 1. The summed E-state index contributed by atoms with van der Waals surface area (Å²) in [6, 6.07) is 7.32. The second-order valence-corrected chi connectivity index (χ2v) is 8.33. The first kappa shape index (κ1) is 18.5. The summed E-state index contributed by atoms with van der Waals surface area (Å²) in [7, 11) is 0. The number of carbonyl (C=O) groups excluding carboxylic acids is 2. The summed E-state index contributed by atoms with van der Waals surface area (Å²) in [4.78, 5) is 28.4. The molecule has 0 saturated carbocycles. The first-order chi connectivity index (χ1) is 12.5. The van der Waals surface area contributed by atoms with Crippen molar-refractivity contribution >= 4 is 56.5 Å². The van der Waals surface area contributed by atoms with Crippen LogP contribution in [0.3, 0.4) is 0 Å². The Morgan fingerprint density at radius 1 is 1.12 bits per heavy atom. The second kappa shape index (κ2) is 8.39. The van der Waals surface area contributed by atoms with Gasteiger partial charge in [0, 0.05) is 10.9 Å². The van der Waals surface area contributed by atoms with E-state index in [0.29, 0.717) is 20.2 Å². The summed E-state index contributed by atoms with van der Waals surface area (Å²) in [5, 5.41) is 16.3. The van der Waals surface area contributed by atoms with Gasteiger partial charge in [-0.15, -0.1) is 21.5 Å². The van der Waals surface area contributed by atoms with Gasteiger partial charge in [-0.05, 0) is 25.5 Å². The van der Waals surface area contributed by atoms with E-state index in [1.807, 2.05) is 37.4 Å². The second-order valence-electron chi connectivity index (χ2n) is 5.27. The highest BCUT2D eigenvalue weighted by Gasteiger charge is 2.13. The molecule has 2 N–H and O–H groups in total. The van der Waals surface area contributed by atoms with Crippen LogP contribution in [-0.4, -0.2) is 32.7 Å². The van der Waals surface area contributed by atoms with E-state index in [4.69, 9.17) is 0 Å². The molecule has 3 aromatic rings. The minimum absolute atomic E-state index is 0.162. The molecule has 0 atom stereocenters. The van der Waals surface area contributed by atoms with Gasteiger partial charge in [0.25, 0.3) is 5.91 Å². The number of hydrogen-bond acceptors (Lipinski definition) is 8. The molecule has 0 aliphatic heterocycles. The van der Waals surface area contributed by atoms with Crippen LogP contribution < -0.4 is 10.6 Å². The van der Waals surface area contributed by atoms with Gasteiger partial charge in [0.05, 0.1) is 11.4 Å². The average molecular weight is 406 g/mol. The van der Waals surface area contributed by atoms with Crippen LogP contribution >= 0.6 is 34.4 Å². The van der Waals surface area contributed by atoms with Gasteiger partial charge < -0.3 is 5.32 Å². The largest absolute Gasteiger partial charge is 0.301 e. The van der Waals surface area contributed by atoms with Crippen molar-refractivity contribution in [3.8, 4) is 0 Å². The lowest BCUT2D eigenvalue weighted by Gasteiger charge is -2.03. The molecule has 0 aliphatic carbocycles. The standard InChI is InChI=1S/C16H15N5O2S3/c1-9-5-3-4-6-11(9)13(23)19-15-20-21-16(26-15)25-8-12(22)18-14-17-10(2)7-24-14/h3-7H,8H2,1-2H3,(H,17,18,22)(H,19,20,23). The number of amides is 2. The summed E-state index contributed by atoms with van der Waals surface area (Å²) < 4.78 is 0.607. The summed E-state index contributed by atoms with van der Waals surface area (Å²) in [5.41, 5.74) is 2.35. The molecule has 2 aromatic heterocycles. The summed E-state index contributed by atoms with van der Waals surface area (Å²) >= 11 is 3.87. The van der Waals surface area contributed by atoms with Crippen LogP contribution in [0.2, 0.25) is 0 Å². The molecule has 0 unspecified atom stereocenters. The van der Waals surface area contributed by atoms with Gasteiger partial charge in [-0.3, -0.25) is 14.9 Å². The molecule has 0 radical (unpaired) electrons. The Morgan fingerprint density at radius 3 is 2.65 bits per heavy atom. The third kappa shape index (κ3) is 4.87. The van der Waals surface area contributed by atoms with Crippen molar-refractivity contribution in [2.75, 3.05) is 16.4 Å². The Bertz CT molecular complexity index is 937. The van der Waals surface area contributed by atoms with Gasteiger partial charge >= 0.3 is 0 Å². The van der Waals surface area contributed by atoms with E-state index < -0.39 is 0 Å². The smallest absolute Gasteiger partial charge is 0.257 e. The van der Waals surface area contributed by atoms with Crippen LogP contribution in [0.25, 0.3) is 0 Å². The molecule has 0 fully saturated rings. The highest BCUT2D eigenvalue weighted by atomic mass is 32.2. The van der Waals surface area contributed by atoms with Crippen LogP contribution in [0, 0.1) is 13.8 Å². The van der Waals surface area contributed by atoms with Gasteiger partial charge in [0.2, 0.25) is 11.0 Å². The van der Waals surface area contributed by atoms with Crippen LogP contribution in [0.5, 0.6) is 0 Å². The molecule has 3 rings (SSSR count). The van der Waals surface area contributed by atoms with E-state index in [-0.39, 0.29) is 17.6 Å². The lowest BCUT2D eigenvalue weighted by Crippen LogP contribution is -2.13. The topological polar surface area (TPSA) is 96.9 Å². The van der Waals surface area contributed by atoms with Crippen molar-refractivity contribution in [2.45, 2.75) is 18.2 Å². The minimum atomic E-state index is -0.229. The van der Waals surface area contributed by atoms with E-state index >= 15 is 0 Å². The number of nitrogens with one attached hydrogen (secondary N) is 2. The van der Waals surface area contributed by atoms with Crippen molar-refractivity contribution in [2.24, 2.45) is 0 Å². The first-order valence-corrected chi connectivity index (χ1v) is 10.2. The summed E-state index contributed by atoms with van der Waals surface area (Å²) in [5.74, 6) is -0.198. The quantitative estimate of drug-likeness (QED) is 0.480. The molecule has 0 saturated heterocycles. The highest BCUT2D eigenvalue weighted by Crippen LogP contribution is 2.26. The number of nitrogens with zero attached hydrogens (tertiary/aromatic N) is 3. The van der Waals surface area contributed by atoms with Crippen molar-refractivity contribution < 1.29 is 9.59 Å². The molecular weight excluding hydrogens is 390 g/mol. The number of thiazole rings is 1. The monoisotopic (exact) mass is 405 g/mol. The normalized spacial score (nSPS) is 10.5. The van der Waals surface area contributed by atoms with E-state index in [1.54, 1.807) is 6.07 Å². The van der Waals surface area contributed by atoms with Gasteiger partial charge in [-0.2, -0.15) is 0 Å². The molecule has 26 heavy (non-hydrogen) atoms. The van der Waals surface area contributed by atoms with E-state index in [9.17, 15) is 9.59 Å². The maximum Gasteiger partial charge on any atom is 0.257 e. The zero-order chi connectivity index (χ0) is 18.5. The Labute approximate surface area is 162 Å². The summed E-state index contributed by atoms with van der Waals surface area (Å²) in [6.45, 7) is 3.74. The fourth-order valence-corrected chi connectivity index (χ4v) is 4.26. The molecule has 7 nitrogen and oxygen atoms in total. The maximum absolute atomic E-state index is 12.3. The number of thioether (sulfide) groups is 1. The average Bonchev–Trinajstić information content (AvgIpc) is 3.22. The molecular formula is C16H15N5O2S3. The fourth-order valence-electron chi connectivity index (χ4n) is 2.00. The van der Waals surface area contributed by atoms with Crippen molar-refractivity contribution in [1.82, 2.24) is 15.2 Å².